The molecule has 0 aliphatic carbocycles. The van der Waals surface area contributed by atoms with Gasteiger partial charge < -0.3 is 13.9 Å². The molecule has 0 radical (unpaired) electrons. The van der Waals surface area contributed by atoms with Gasteiger partial charge in [-0.25, -0.2) is 4.79 Å². The molecule has 142 valence electrons. The highest BCUT2D eigenvalue weighted by Gasteiger charge is 2.10. The third kappa shape index (κ3) is 4.68. The molecule has 0 fully saturated rings. The van der Waals surface area contributed by atoms with Gasteiger partial charge in [-0.05, 0) is 74.0 Å². The van der Waals surface area contributed by atoms with Gasteiger partial charge in [0, 0.05) is 24.5 Å². The second-order valence-electron chi connectivity index (χ2n) is 6.79. The van der Waals surface area contributed by atoms with Crippen molar-refractivity contribution in [2.45, 2.75) is 20.4 Å². The monoisotopic (exact) mass is 367 g/mol. The normalized spacial score (nSPS) is 11.1. The Balaban J connectivity index is 1.65. The second-order valence-corrected chi connectivity index (χ2v) is 6.79. The summed E-state index contributed by atoms with van der Waals surface area (Å²) in [6.07, 6.45) is 0. The van der Waals surface area contributed by atoms with Crippen LogP contribution < -0.4 is 15.1 Å². The lowest BCUT2D eigenvalue weighted by Crippen LogP contribution is -2.24. The van der Waals surface area contributed by atoms with Gasteiger partial charge in [-0.1, -0.05) is 0 Å². The Labute approximate surface area is 159 Å². The highest BCUT2D eigenvalue weighted by molar-refractivity contribution is 5.81. The van der Waals surface area contributed by atoms with E-state index in [2.05, 4.69) is 17.9 Å². The van der Waals surface area contributed by atoms with Crippen molar-refractivity contribution < 1.29 is 13.9 Å². The van der Waals surface area contributed by atoms with Crippen LogP contribution in [0.5, 0.6) is 11.5 Å². The van der Waals surface area contributed by atoms with E-state index >= 15 is 0 Å². The van der Waals surface area contributed by atoms with Crippen LogP contribution in [0.3, 0.4) is 0 Å². The van der Waals surface area contributed by atoms with Crippen molar-refractivity contribution in [3.63, 3.8) is 0 Å². The number of likely N-dealkylation sites (N-methyl/N-ethyl adjacent to an activating group) is 1. The van der Waals surface area contributed by atoms with E-state index in [1.54, 1.807) is 13.2 Å². The Morgan fingerprint density at radius 1 is 1.00 bits per heavy atom. The van der Waals surface area contributed by atoms with E-state index in [9.17, 15) is 4.79 Å². The lowest BCUT2D eigenvalue weighted by atomic mass is 10.0. The van der Waals surface area contributed by atoms with Gasteiger partial charge in [0.15, 0.2) is 0 Å². The summed E-state index contributed by atoms with van der Waals surface area (Å²) < 4.78 is 16.3. The van der Waals surface area contributed by atoms with Crippen LogP contribution >= 0.6 is 0 Å². The summed E-state index contributed by atoms with van der Waals surface area (Å²) in [7, 11) is 3.65. The van der Waals surface area contributed by atoms with Gasteiger partial charge in [0.2, 0.25) is 0 Å². The highest BCUT2D eigenvalue weighted by Crippen LogP contribution is 2.22. The van der Waals surface area contributed by atoms with Crippen LogP contribution in [0.1, 0.15) is 16.7 Å². The molecule has 3 rings (SSSR count). The van der Waals surface area contributed by atoms with Crippen LogP contribution in [0, 0.1) is 13.8 Å². The molecule has 0 spiro atoms. The molecule has 1 aromatic heterocycles. The first-order valence-corrected chi connectivity index (χ1v) is 8.95. The standard InChI is InChI=1S/C22H25NO4/c1-15-11-20-17(13-22(24)27-21(20)12-16(15)2)14-23(3)9-10-26-19-7-5-18(25-4)6-8-19/h5-8,11-13H,9-10,14H2,1-4H3. The van der Waals surface area contributed by atoms with Crippen molar-refractivity contribution in [1.29, 1.82) is 0 Å². The van der Waals surface area contributed by atoms with E-state index < -0.39 is 0 Å². The van der Waals surface area contributed by atoms with Crippen molar-refractivity contribution in [3.05, 3.63) is 69.6 Å². The van der Waals surface area contributed by atoms with Crippen LogP contribution in [0.4, 0.5) is 0 Å². The molecule has 0 amide bonds. The van der Waals surface area contributed by atoms with E-state index in [4.69, 9.17) is 13.9 Å². The molecule has 5 nitrogen and oxygen atoms in total. The minimum Gasteiger partial charge on any atom is -0.497 e. The summed E-state index contributed by atoms with van der Waals surface area (Å²) in [6.45, 7) is 6.02. The molecule has 0 bridgehead atoms. The van der Waals surface area contributed by atoms with E-state index in [-0.39, 0.29) is 5.63 Å². The largest absolute Gasteiger partial charge is 0.497 e. The Morgan fingerprint density at radius 2 is 1.67 bits per heavy atom. The molecule has 0 saturated carbocycles. The maximum absolute atomic E-state index is 11.9. The molecule has 0 saturated heterocycles. The van der Waals surface area contributed by atoms with Gasteiger partial charge in [-0.15, -0.1) is 0 Å². The summed E-state index contributed by atoms with van der Waals surface area (Å²) >= 11 is 0. The molecule has 3 aromatic rings. The van der Waals surface area contributed by atoms with Gasteiger partial charge in [0.25, 0.3) is 0 Å². The fourth-order valence-electron chi connectivity index (χ4n) is 2.97. The lowest BCUT2D eigenvalue weighted by Gasteiger charge is -2.18. The summed E-state index contributed by atoms with van der Waals surface area (Å²) in [5, 5.41) is 0.987. The van der Waals surface area contributed by atoms with Gasteiger partial charge in [0.05, 0.1) is 7.11 Å². The molecule has 0 unspecified atom stereocenters. The van der Waals surface area contributed by atoms with E-state index in [0.717, 1.165) is 34.6 Å². The number of methoxy groups -OCH3 is 1. The number of hydrogen-bond acceptors (Lipinski definition) is 5. The average Bonchev–Trinajstić information content (AvgIpc) is 2.64. The molecular weight excluding hydrogens is 342 g/mol. The zero-order valence-electron chi connectivity index (χ0n) is 16.2. The van der Waals surface area contributed by atoms with Crippen molar-refractivity contribution in [2.75, 3.05) is 27.3 Å². The number of fused-ring (bicyclic) bond motifs is 1. The maximum Gasteiger partial charge on any atom is 0.336 e. The minimum atomic E-state index is -0.316. The number of ether oxygens (including phenoxy) is 2. The molecule has 27 heavy (non-hydrogen) atoms. The summed E-state index contributed by atoms with van der Waals surface area (Å²) in [4.78, 5) is 14.0. The Bertz CT molecular complexity index is 976. The molecule has 0 aliphatic rings. The molecule has 0 aliphatic heterocycles. The molecule has 0 atom stereocenters. The van der Waals surface area contributed by atoms with Gasteiger partial charge in [-0.3, -0.25) is 4.90 Å². The Kier molecular flexibility index (Phi) is 5.81. The van der Waals surface area contributed by atoms with Crippen LogP contribution in [-0.4, -0.2) is 32.2 Å². The second kappa shape index (κ2) is 8.27. The summed E-state index contributed by atoms with van der Waals surface area (Å²) in [5.41, 5.74) is 3.59. The topological polar surface area (TPSA) is 51.9 Å². The third-order valence-corrected chi connectivity index (χ3v) is 4.69. The van der Waals surface area contributed by atoms with Crippen LogP contribution in [-0.2, 0) is 6.54 Å². The van der Waals surface area contributed by atoms with Crippen LogP contribution in [0.15, 0.2) is 51.7 Å². The van der Waals surface area contributed by atoms with Gasteiger partial charge in [-0.2, -0.15) is 0 Å². The van der Waals surface area contributed by atoms with Crippen molar-refractivity contribution in [1.82, 2.24) is 4.90 Å². The van der Waals surface area contributed by atoms with Crippen molar-refractivity contribution >= 4 is 11.0 Å². The zero-order valence-corrected chi connectivity index (χ0v) is 16.2. The fourth-order valence-corrected chi connectivity index (χ4v) is 2.97. The zero-order chi connectivity index (χ0) is 19.4. The predicted octanol–water partition coefficient (Wildman–Crippen LogP) is 3.93. The first-order valence-electron chi connectivity index (χ1n) is 8.95. The molecule has 0 N–H and O–H groups in total. The van der Waals surface area contributed by atoms with E-state index in [0.29, 0.717) is 18.7 Å². The van der Waals surface area contributed by atoms with Gasteiger partial charge >= 0.3 is 5.63 Å². The maximum atomic E-state index is 11.9. The molecule has 1 heterocycles. The smallest absolute Gasteiger partial charge is 0.336 e. The highest BCUT2D eigenvalue weighted by atomic mass is 16.5. The van der Waals surface area contributed by atoms with E-state index in [1.807, 2.05) is 44.3 Å². The number of benzene rings is 2. The Hall–Kier alpha value is -2.79. The molecule has 5 heteroatoms. The SMILES string of the molecule is COc1ccc(OCCN(C)Cc2cc(=O)oc3cc(C)c(C)cc23)cc1. The molecule has 2 aromatic carbocycles. The number of aryl methyl sites for hydroxylation is 2. The number of hydrogen-bond donors (Lipinski definition) is 0. The third-order valence-electron chi connectivity index (χ3n) is 4.69. The first kappa shape index (κ1) is 19.0. The number of nitrogens with zero attached hydrogens (tertiary/aromatic N) is 1. The fraction of sp³-hybridized carbons (Fsp3) is 0.318. The average molecular weight is 367 g/mol. The Morgan fingerprint density at radius 3 is 2.37 bits per heavy atom. The minimum absolute atomic E-state index is 0.316. The van der Waals surface area contributed by atoms with Crippen molar-refractivity contribution in [3.8, 4) is 11.5 Å². The summed E-state index contributed by atoms with van der Waals surface area (Å²) in [6, 6.07) is 13.1. The molecular formula is C22H25NO4. The lowest BCUT2D eigenvalue weighted by molar-refractivity contribution is 0.233. The summed E-state index contributed by atoms with van der Waals surface area (Å²) in [5.74, 6) is 1.61. The van der Waals surface area contributed by atoms with Gasteiger partial charge in [0.1, 0.15) is 23.7 Å². The predicted molar refractivity (Wildman–Crippen MR) is 107 cm³/mol. The van der Waals surface area contributed by atoms with Crippen molar-refractivity contribution in [2.24, 2.45) is 0 Å². The first-order chi connectivity index (χ1) is 13.0. The quantitative estimate of drug-likeness (QED) is 0.592. The van der Waals surface area contributed by atoms with E-state index in [1.165, 1.54) is 5.56 Å². The van der Waals surface area contributed by atoms with Crippen LogP contribution in [0.25, 0.3) is 11.0 Å². The van der Waals surface area contributed by atoms with Crippen LogP contribution in [0.2, 0.25) is 0 Å². The number of rotatable bonds is 7.